The van der Waals surface area contributed by atoms with Crippen molar-refractivity contribution in [1.29, 1.82) is 5.26 Å². The molecule has 1 aliphatic rings. The Kier molecular flexibility index (Phi) is 4.81. The first-order valence-corrected chi connectivity index (χ1v) is 10.4. The molecule has 0 aliphatic heterocycles. The van der Waals surface area contributed by atoms with Crippen LogP contribution in [0.1, 0.15) is 24.1 Å². The summed E-state index contributed by atoms with van der Waals surface area (Å²) in [6.45, 7) is 1.89. The Hall–Kier alpha value is -3.47. The maximum atomic E-state index is 9.57. The lowest BCUT2D eigenvalue weighted by Crippen LogP contribution is -2.39. The minimum absolute atomic E-state index is 0.209. The van der Waals surface area contributed by atoms with Gasteiger partial charge in [0.15, 0.2) is 5.65 Å². The number of pyridine rings is 1. The predicted octanol–water partition coefficient (Wildman–Crippen LogP) is 4.23. The summed E-state index contributed by atoms with van der Waals surface area (Å²) in [6, 6.07) is 15.4. The van der Waals surface area contributed by atoms with Gasteiger partial charge in [-0.2, -0.15) is 10.4 Å². The van der Waals surface area contributed by atoms with Gasteiger partial charge in [-0.25, -0.2) is 14.5 Å². The number of halogens is 1. The number of nitrogens with one attached hydrogen (secondary N) is 1. The van der Waals surface area contributed by atoms with E-state index in [2.05, 4.69) is 16.4 Å². The Bertz CT molecular complexity index is 1320. The molecule has 0 atom stereocenters. The summed E-state index contributed by atoms with van der Waals surface area (Å²) in [5.41, 5.74) is 5.22. The zero-order valence-electron chi connectivity index (χ0n) is 16.7. The third-order valence-electron chi connectivity index (χ3n) is 5.43. The Balaban J connectivity index is 1.70. The van der Waals surface area contributed by atoms with Crippen molar-refractivity contribution in [1.82, 2.24) is 19.6 Å². The fourth-order valence-electron chi connectivity index (χ4n) is 3.90. The SMILES string of the molecule is Cc1cc(-c2c(-c3cccc(C#N)c3)nn3ccc(NC4CC(O)C4)nc23)cc(Cl)n1. The van der Waals surface area contributed by atoms with Crippen molar-refractivity contribution in [2.45, 2.75) is 31.9 Å². The van der Waals surface area contributed by atoms with E-state index in [1.165, 1.54) is 0 Å². The summed E-state index contributed by atoms with van der Waals surface area (Å²) in [5.74, 6) is 0.722. The molecule has 0 radical (unpaired) electrons. The number of aliphatic hydroxyl groups is 1. The number of fused-ring (bicyclic) bond motifs is 1. The lowest BCUT2D eigenvalue weighted by Gasteiger charge is -2.32. The Labute approximate surface area is 184 Å². The molecule has 1 fully saturated rings. The molecule has 3 heterocycles. The fraction of sp³-hybridized carbons (Fsp3) is 0.217. The standard InChI is InChI=1S/C23H19ClN6O/c1-13-7-16(9-19(24)26-13)21-22(15-4-2-3-14(8-15)12-25)29-30-6-5-20(28-23(21)30)27-17-10-18(31)11-17/h2-9,17-18,31H,10-11H2,1H3,(H,27,28). The number of rotatable bonds is 4. The lowest BCUT2D eigenvalue weighted by molar-refractivity contribution is 0.0835. The van der Waals surface area contributed by atoms with E-state index in [9.17, 15) is 10.4 Å². The maximum Gasteiger partial charge on any atom is 0.165 e. The highest BCUT2D eigenvalue weighted by atomic mass is 35.5. The van der Waals surface area contributed by atoms with Crippen molar-refractivity contribution in [2.75, 3.05) is 5.32 Å². The van der Waals surface area contributed by atoms with E-state index in [1.807, 2.05) is 43.5 Å². The average molecular weight is 431 g/mol. The number of anilines is 1. The minimum Gasteiger partial charge on any atom is -0.393 e. The summed E-state index contributed by atoms with van der Waals surface area (Å²) in [5, 5.41) is 27.4. The van der Waals surface area contributed by atoms with E-state index in [0.717, 1.165) is 28.2 Å². The predicted molar refractivity (Wildman–Crippen MR) is 119 cm³/mol. The zero-order chi connectivity index (χ0) is 21.5. The summed E-state index contributed by atoms with van der Waals surface area (Å²) >= 11 is 6.27. The molecule has 7 nitrogen and oxygen atoms in total. The van der Waals surface area contributed by atoms with Crippen LogP contribution in [0.2, 0.25) is 5.15 Å². The van der Waals surface area contributed by atoms with Gasteiger partial charge in [0.25, 0.3) is 0 Å². The smallest absolute Gasteiger partial charge is 0.165 e. The molecule has 3 aromatic heterocycles. The molecule has 0 unspecified atom stereocenters. The van der Waals surface area contributed by atoms with E-state index in [0.29, 0.717) is 34.9 Å². The summed E-state index contributed by atoms with van der Waals surface area (Å²) in [7, 11) is 0. The normalized spacial score (nSPS) is 17.9. The third-order valence-corrected chi connectivity index (χ3v) is 5.62. The minimum atomic E-state index is -0.243. The number of aliphatic hydroxyl groups excluding tert-OH is 1. The van der Waals surface area contributed by atoms with Crippen LogP contribution in [-0.4, -0.2) is 36.8 Å². The number of hydrogen-bond acceptors (Lipinski definition) is 6. The molecule has 0 spiro atoms. The van der Waals surface area contributed by atoms with Crippen LogP contribution < -0.4 is 5.32 Å². The van der Waals surface area contributed by atoms with Crippen LogP contribution in [0.25, 0.3) is 28.0 Å². The number of hydrogen-bond donors (Lipinski definition) is 2. The Morgan fingerprint density at radius 2 is 2.00 bits per heavy atom. The second-order valence-electron chi connectivity index (χ2n) is 7.78. The highest BCUT2D eigenvalue weighted by Gasteiger charge is 2.27. The largest absolute Gasteiger partial charge is 0.393 e. The molecular weight excluding hydrogens is 412 g/mol. The number of nitriles is 1. The van der Waals surface area contributed by atoms with Gasteiger partial charge < -0.3 is 10.4 Å². The molecule has 2 N–H and O–H groups in total. The van der Waals surface area contributed by atoms with E-state index in [4.69, 9.17) is 21.7 Å². The van der Waals surface area contributed by atoms with Gasteiger partial charge in [0.05, 0.1) is 23.3 Å². The summed E-state index contributed by atoms with van der Waals surface area (Å²) in [4.78, 5) is 9.10. The van der Waals surface area contributed by atoms with Gasteiger partial charge in [0, 0.05) is 23.5 Å². The second kappa shape index (κ2) is 7.65. The van der Waals surface area contributed by atoms with Crippen molar-refractivity contribution in [2.24, 2.45) is 0 Å². The van der Waals surface area contributed by atoms with Gasteiger partial charge in [-0.05, 0) is 55.7 Å². The van der Waals surface area contributed by atoms with Crippen LogP contribution in [0.3, 0.4) is 0 Å². The molecular formula is C23H19ClN6O. The molecule has 4 aromatic rings. The number of aromatic nitrogens is 4. The van der Waals surface area contributed by atoms with E-state index in [1.54, 1.807) is 16.6 Å². The van der Waals surface area contributed by atoms with E-state index in [-0.39, 0.29) is 12.1 Å². The van der Waals surface area contributed by atoms with Crippen LogP contribution in [0, 0.1) is 18.3 Å². The molecule has 31 heavy (non-hydrogen) atoms. The fourth-order valence-corrected chi connectivity index (χ4v) is 4.15. The molecule has 1 saturated carbocycles. The maximum absolute atomic E-state index is 9.57. The van der Waals surface area contributed by atoms with Crippen LogP contribution >= 0.6 is 11.6 Å². The monoisotopic (exact) mass is 430 g/mol. The van der Waals surface area contributed by atoms with Crippen molar-refractivity contribution in [3.05, 3.63) is 65.1 Å². The quantitative estimate of drug-likeness (QED) is 0.470. The van der Waals surface area contributed by atoms with Crippen molar-refractivity contribution < 1.29 is 5.11 Å². The third kappa shape index (κ3) is 3.72. The van der Waals surface area contributed by atoms with Gasteiger partial charge in [-0.1, -0.05) is 23.7 Å². The number of aryl methyl sites for hydroxylation is 1. The highest BCUT2D eigenvalue weighted by Crippen LogP contribution is 2.36. The molecule has 0 bridgehead atoms. The molecule has 8 heteroatoms. The molecule has 1 aliphatic carbocycles. The van der Waals surface area contributed by atoms with Crippen LogP contribution in [0.15, 0.2) is 48.7 Å². The van der Waals surface area contributed by atoms with Crippen molar-refractivity contribution >= 4 is 23.1 Å². The molecule has 0 amide bonds. The number of benzene rings is 1. The Morgan fingerprint density at radius 1 is 1.16 bits per heavy atom. The number of nitrogens with zero attached hydrogens (tertiary/aromatic N) is 5. The first-order chi connectivity index (χ1) is 15.0. The Morgan fingerprint density at radius 3 is 2.74 bits per heavy atom. The second-order valence-corrected chi connectivity index (χ2v) is 8.17. The van der Waals surface area contributed by atoms with Gasteiger partial charge in [-0.3, -0.25) is 0 Å². The molecule has 0 saturated heterocycles. The van der Waals surface area contributed by atoms with E-state index >= 15 is 0 Å². The van der Waals surface area contributed by atoms with Gasteiger partial charge in [0.1, 0.15) is 16.7 Å². The highest BCUT2D eigenvalue weighted by molar-refractivity contribution is 6.29. The van der Waals surface area contributed by atoms with Gasteiger partial charge >= 0.3 is 0 Å². The topological polar surface area (TPSA) is 99.1 Å². The summed E-state index contributed by atoms with van der Waals surface area (Å²) in [6.07, 6.45) is 3.04. The first-order valence-electron chi connectivity index (χ1n) is 9.99. The van der Waals surface area contributed by atoms with Crippen molar-refractivity contribution in [3.8, 4) is 28.5 Å². The van der Waals surface area contributed by atoms with Gasteiger partial charge in [-0.15, -0.1) is 0 Å². The average Bonchev–Trinajstić information content (AvgIpc) is 3.11. The van der Waals surface area contributed by atoms with Crippen molar-refractivity contribution in [3.63, 3.8) is 0 Å². The van der Waals surface area contributed by atoms with Gasteiger partial charge in [0.2, 0.25) is 0 Å². The zero-order valence-corrected chi connectivity index (χ0v) is 17.5. The van der Waals surface area contributed by atoms with Crippen LogP contribution in [-0.2, 0) is 0 Å². The van der Waals surface area contributed by atoms with Crippen LogP contribution in [0.4, 0.5) is 5.82 Å². The van der Waals surface area contributed by atoms with Crippen LogP contribution in [0.5, 0.6) is 0 Å². The van der Waals surface area contributed by atoms with E-state index < -0.39 is 0 Å². The lowest BCUT2D eigenvalue weighted by atomic mass is 9.89. The molecule has 1 aromatic carbocycles. The molecule has 5 rings (SSSR count). The molecule has 154 valence electrons. The summed E-state index contributed by atoms with van der Waals surface area (Å²) < 4.78 is 1.73. The first kappa shape index (κ1) is 19.5.